The molecule has 7 aromatic carbocycles. The summed E-state index contributed by atoms with van der Waals surface area (Å²) in [5.41, 5.74) is 17.9. The van der Waals surface area contributed by atoms with Crippen molar-refractivity contribution in [3.63, 3.8) is 0 Å². The highest BCUT2D eigenvalue weighted by molar-refractivity contribution is 9.28. The van der Waals surface area contributed by atoms with Crippen molar-refractivity contribution in [1.82, 2.24) is 0 Å². The molecular formula is C48H54NOP15. The number of hydrogen-bond donors (Lipinski definition) is 0. The van der Waals surface area contributed by atoms with Crippen molar-refractivity contribution in [2.45, 2.75) is 38.5 Å². The third-order valence-corrected chi connectivity index (χ3v) is 101. The molecule has 8 aromatic rings. The summed E-state index contributed by atoms with van der Waals surface area (Å²) in [5, 5.41) is 2.27. The van der Waals surface area contributed by atoms with E-state index >= 15 is 0 Å². The van der Waals surface area contributed by atoms with Crippen molar-refractivity contribution >= 4 is 160 Å². The molecule has 17 heteroatoms. The second-order valence-corrected chi connectivity index (χ2v) is 72.9. The van der Waals surface area contributed by atoms with E-state index in [4.69, 9.17) is 4.42 Å². The number of hydrogen-bond acceptors (Lipinski definition) is 2. The van der Waals surface area contributed by atoms with Crippen LogP contribution in [0.1, 0.15) is 49.9 Å². The number of anilines is 3. The van der Waals surface area contributed by atoms with Crippen LogP contribution in [0.3, 0.4) is 0 Å². The Morgan fingerprint density at radius 3 is 1.38 bits per heavy atom. The largest absolute Gasteiger partial charge is 0.455 e. The molecule has 1 aromatic heterocycles. The van der Waals surface area contributed by atoms with E-state index in [2.05, 4.69) is 250 Å². The van der Waals surface area contributed by atoms with Crippen LogP contribution < -0.4 is 4.90 Å². The van der Waals surface area contributed by atoms with Gasteiger partial charge in [0.25, 0.3) is 0 Å². The SMILES string of the molecule is CC1(C)c2ccccc2-c2c(N(c3ccccc3-c3cccc4c3oc3ccccc34)c3cccc4c3-c3ccccc3C4(C)C)cccc21.PPP(P)P(P(P)P)P(P(P)P)P(P)P. The lowest BCUT2D eigenvalue weighted by Gasteiger charge is -2.38. The van der Waals surface area contributed by atoms with Gasteiger partial charge in [0.2, 0.25) is 0 Å². The van der Waals surface area contributed by atoms with Crippen LogP contribution in [0.4, 0.5) is 17.1 Å². The van der Waals surface area contributed by atoms with E-state index in [-0.39, 0.29) is 52.8 Å². The summed E-state index contributed by atoms with van der Waals surface area (Å²) in [5.74, 6) is 0. The van der Waals surface area contributed by atoms with Crippen LogP contribution in [0.5, 0.6) is 0 Å². The second kappa shape index (κ2) is 21.0. The Labute approximate surface area is 412 Å². The van der Waals surface area contributed by atoms with Crippen LogP contribution in [0.15, 0.2) is 156 Å². The zero-order valence-electron chi connectivity index (χ0n) is 36.6. The summed E-state index contributed by atoms with van der Waals surface area (Å²) in [6.07, 6.45) is 0. The van der Waals surface area contributed by atoms with Gasteiger partial charge in [0.05, 0.1) is 17.1 Å². The normalized spacial score (nSPS) is 15.4. The van der Waals surface area contributed by atoms with Gasteiger partial charge in [-0.25, -0.2) is 0 Å². The van der Waals surface area contributed by atoms with Crippen LogP contribution in [0.25, 0.3) is 55.3 Å². The predicted molar refractivity (Wildman–Crippen MR) is 336 cm³/mol. The van der Waals surface area contributed by atoms with E-state index in [1.165, 1.54) is 55.9 Å². The second-order valence-electron chi connectivity index (χ2n) is 17.0. The van der Waals surface area contributed by atoms with Crippen LogP contribution in [0.2, 0.25) is 0 Å². The summed E-state index contributed by atoms with van der Waals surface area (Å²) in [6, 6.07) is 55.5. The molecule has 332 valence electrons. The first-order chi connectivity index (χ1) is 31.2. The average molecular weight is 1130 g/mol. The van der Waals surface area contributed by atoms with Crippen molar-refractivity contribution in [2.24, 2.45) is 0 Å². The van der Waals surface area contributed by atoms with E-state index in [0.29, 0.717) is 0 Å². The van der Waals surface area contributed by atoms with Crippen LogP contribution in [-0.2, 0) is 10.8 Å². The highest BCUT2D eigenvalue weighted by Gasteiger charge is 2.41. The minimum Gasteiger partial charge on any atom is -0.455 e. The lowest BCUT2D eigenvalue weighted by atomic mass is 9.82. The van der Waals surface area contributed by atoms with Crippen molar-refractivity contribution < 1.29 is 4.42 Å². The molecule has 0 bridgehead atoms. The van der Waals surface area contributed by atoms with E-state index in [1.807, 2.05) is 6.07 Å². The number of furan rings is 1. The van der Waals surface area contributed by atoms with E-state index in [1.54, 1.807) is 0 Å². The maximum absolute atomic E-state index is 6.66. The minimum absolute atomic E-state index is 0.0884. The molecule has 65 heavy (non-hydrogen) atoms. The molecule has 2 nitrogen and oxygen atoms in total. The van der Waals surface area contributed by atoms with E-state index < -0.39 is 0 Å². The van der Waals surface area contributed by atoms with Crippen LogP contribution in [0, 0.1) is 0 Å². The molecule has 10 rings (SSSR count). The predicted octanol–water partition coefficient (Wildman–Crippen LogP) is 21.7. The smallest absolute Gasteiger partial charge is 0.143 e. The Balaban J connectivity index is 0.000000308. The maximum Gasteiger partial charge on any atom is 0.143 e. The summed E-state index contributed by atoms with van der Waals surface area (Å²) in [4.78, 5) is 2.55. The van der Waals surface area contributed by atoms with Gasteiger partial charge < -0.3 is 9.32 Å². The first-order valence-corrected chi connectivity index (χ1v) is 47.5. The maximum atomic E-state index is 6.66. The van der Waals surface area contributed by atoms with Crippen LogP contribution in [-0.4, -0.2) is 0 Å². The molecule has 0 aliphatic heterocycles. The van der Waals surface area contributed by atoms with Gasteiger partial charge in [-0.2, -0.15) is 0 Å². The first-order valence-electron chi connectivity index (χ1n) is 20.9. The highest BCUT2D eigenvalue weighted by Crippen LogP contribution is 3.22. The number of benzene rings is 7. The molecule has 1 heterocycles. The Bertz CT molecular complexity index is 2940. The van der Waals surface area contributed by atoms with Gasteiger partial charge in [-0.15, -0.1) is 71.4 Å². The summed E-state index contributed by atoms with van der Waals surface area (Å²) >= 11 is 0. The number of nitrogens with zero attached hydrogens (tertiary/aromatic N) is 1. The molecule has 2 aliphatic rings. The van der Waals surface area contributed by atoms with Gasteiger partial charge in [0.15, 0.2) is 0 Å². The van der Waals surface area contributed by atoms with E-state index in [0.717, 1.165) is 46.7 Å². The fourth-order valence-electron chi connectivity index (χ4n) is 9.73. The number of para-hydroxylation sites is 3. The summed E-state index contributed by atoms with van der Waals surface area (Å²) in [7, 11) is 25.6. The minimum atomic E-state index is -0.125. The lowest BCUT2D eigenvalue weighted by molar-refractivity contribution is 0.660. The number of fused-ring (bicyclic) bond motifs is 9. The zero-order valence-corrected chi connectivity index (χ0v) is 52.2. The Kier molecular flexibility index (Phi) is 16.3. The third-order valence-electron chi connectivity index (χ3n) is 12.6. The van der Waals surface area contributed by atoms with Gasteiger partial charge in [0.1, 0.15) is 11.2 Å². The molecule has 11 unspecified atom stereocenters. The third kappa shape index (κ3) is 9.34. The Morgan fingerprint density at radius 2 is 0.846 bits per heavy atom. The first kappa shape index (κ1) is 50.5. The van der Waals surface area contributed by atoms with Crippen molar-refractivity contribution in [1.29, 1.82) is 0 Å². The van der Waals surface area contributed by atoms with Crippen LogP contribution >= 0.6 is 121 Å². The number of rotatable bonds is 10. The summed E-state index contributed by atoms with van der Waals surface area (Å²) in [6.45, 7) is 10.3. The molecule has 2 aliphatic carbocycles. The van der Waals surface area contributed by atoms with Gasteiger partial charge in [-0.1, -0.05) is 163 Å². The fraction of sp³-hybridized carbons (Fsp3) is 0.125. The topological polar surface area (TPSA) is 16.4 Å². The Hall–Kier alpha value is 0.590. The van der Waals surface area contributed by atoms with Gasteiger partial charge >= 0.3 is 0 Å². The van der Waals surface area contributed by atoms with Gasteiger partial charge in [0, 0.05) is 43.9 Å². The van der Waals surface area contributed by atoms with Crippen molar-refractivity contribution in [3.05, 3.63) is 174 Å². The molecule has 0 radical (unpaired) electrons. The zero-order chi connectivity index (χ0) is 45.9. The molecule has 0 spiro atoms. The van der Waals surface area contributed by atoms with E-state index in [9.17, 15) is 0 Å². The molecular weight excluding hydrogens is 1070 g/mol. The standard InChI is InChI=1S/C48H37NO.H17P15/c1-47(2)36-22-9-5-18-34(36)44-38(47)24-14-27-41(44)49(42-28-15-25-39-45(42)35-19-6-10-23-37(35)48(39,3)4)40-26-11-7-16-30(40)32-20-13-21-33-31-17-8-12-29-43(31)50-46(32)33;1-9-13(8)15(12(6)7)14(10(2)3)11(4)5/h5-29H,1-4H3;9H,1-8H2. The van der Waals surface area contributed by atoms with Crippen molar-refractivity contribution in [2.75, 3.05) is 4.90 Å². The van der Waals surface area contributed by atoms with Gasteiger partial charge in [-0.3, -0.25) is 0 Å². The monoisotopic (exact) mass is 1130 g/mol. The molecule has 0 amide bonds. The average Bonchev–Trinajstić information content (AvgIpc) is 3.88. The molecule has 0 N–H and O–H groups in total. The Morgan fingerprint density at radius 1 is 0.431 bits per heavy atom. The summed E-state index contributed by atoms with van der Waals surface area (Å²) < 4.78 is 6.66. The lowest BCUT2D eigenvalue weighted by Crippen LogP contribution is -2.17. The highest BCUT2D eigenvalue weighted by atomic mass is 33.3. The molecule has 0 saturated carbocycles. The van der Waals surface area contributed by atoms with Crippen molar-refractivity contribution in [3.8, 4) is 33.4 Å². The quantitative estimate of drug-likeness (QED) is 0.127. The molecule has 11 atom stereocenters. The van der Waals surface area contributed by atoms with Gasteiger partial charge in [-0.05, 0) is 99.6 Å². The molecule has 0 fully saturated rings. The fourth-order valence-corrected chi connectivity index (χ4v) is 166. The molecule has 0 saturated heterocycles.